The number of hydrogen-bond donors (Lipinski definition) is 1. The molecular weight excluding hydrogens is 212 g/mol. The summed E-state index contributed by atoms with van der Waals surface area (Å²) in [5, 5.41) is 12.0. The molecule has 1 N–H and O–H groups in total. The first kappa shape index (κ1) is 16.4. The molecule has 0 bridgehead atoms. The summed E-state index contributed by atoms with van der Waals surface area (Å²) >= 11 is 0. The highest BCUT2D eigenvalue weighted by atomic mass is 16.5. The van der Waals surface area contributed by atoms with Gasteiger partial charge in [0.1, 0.15) is 0 Å². The first-order valence-electron chi connectivity index (χ1n) is 6.67. The lowest BCUT2D eigenvalue weighted by atomic mass is 9.88. The Morgan fingerprint density at radius 3 is 2.59 bits per heavy atom. The van der Waals surface area contributed by atoms with Gasteiger partial charge in [-0.2, -0.15) is 5.26 Å². The Balaban J connectivity index is 3.35. The molecule has 0 heterocycles. The second-order valence-corrected chi connectivity index (χ2v) is 5.63. The van der Waals surface area contributed by atoms with Crippen molar-refractivity contribution in [3.8, 4) is 6.07 Å². The van der Waals surface area contributed by atoms with Gasteiger partial charge in [-0.1, -0.05) is 13.8 Å². The summed E-state index contributed by atoms with van der Waals surface area (Å²) in [7, 11) is 0. The maximum Gasteiger partial charge on any atom is 0.0621 e. The molecule has 0 spiro atoms. The molecular formula is C14H28N2O. The van der Waals surface area contributed by atoms with Crippen LogP contribution in [0.3, 0.4) is 0 Å². The Labute approximate surface area is 107 Å². The zero-order valence-electron chi connectivity index (χ0n) is 11.9. The van der Waals surface area contributed by atoms with Crippen LogP contribution in [0.25, 0.3) is 0 Å². The minimum Gasteiger partial charge on any atom is -0.379 e. The fraction of sp³-hybridized carbons (Fsp3) is 0.929. The van der Waals surface area contributed by atoms with Gasteiger partial charge in [-0.15, -0.1) is 0 Å². The van der Waals surface area contributed by atoms with Crippen molar-refractivity contribution in [1.29, 1.82) is 5.26 Å². The molecule has 100 valence electrons. The van der Waals surface area contributed by atoms with Gasteiger partial charge >= 0.3 is 0 Å². The normalized spacial score (nSPS) is 11.8. The maximum absolute atomic E-state index is 8.56. The number of nitrogens with one attached hydrogen (secondary N) is 1. The molecule has 17 heavy (non-hydrogen) atoms. The van der Waals surface area contributed by atoms with E-state index in [-0.39, 0.29) is 5.41 Å². The van der Waals surface area contributed by atoms with Crippen LogP contribution in [0, 0.1) is 16.7 Å². The predicted molar refractivity (Wildman–Crippen MR) is 71.8 cm³/mol. The monoisotopic (exact) mass is 240 g/mol. The summed E-state index contributed by atoms with van der Waals surface area (Å²) in [6.07, 6.45) is 4.22. The number of rotatable bonds is 10. The van der Waals surface area contributed by atoms with E-state index in [4.69, 9.17) is 10.00 Å². The lowest BCUT2D eigenvalue weighted by Crippen LogP contribution is -2.30. The lowest BCUT2D eigenvalue weighted by Gasteiger charge is -2.23. The van der Waals surface area contributed by atoms with Crippen molar-refractivity contribution in [2.75, 3.05) is 19.7 Å². The van der Waals surface area contributed by atoms with Crippen LogP contribution >= 0.6 is 0 Å². The van der Waals surface area contributed by atoms with Crippen LogP contribution in [0.15, 0.2) is 0 Å². The average molecular weight is 240 g/mol. The van der Waals surface area contributed by atoms with Gasteiger partial charge in [-0.05, 0) is 45.1 Å². The van der Waals surface area contributed by atoms with Crippen LogP contribution < -0.4 is 5.32 Å². The van der Waals surface area contributed by atoms with E-state index < -0.39 is 0 Å². The summed E-state index contributed by atoms with van der Waals surface area (Å²) in [5.74, 6) is 0. The van der Waals surface area contributed by atoms with Crippen LogP contribution in [0.5, 0.6) is 0 Å². The van der Waals surface area contributed by atoms with Gasteiger partial charge in [0.25, 0.3) is 0 Å². The number of nitriles is 1. The average Bonchev–Trinajstić information content (AvgIpc) is 2.24. The largest absolute Gasteiger partial charge is 0.379 e. The Bertz CT molecular complexity index is 219. The van der Waals surface area contributed by atoms with Crippen LogP contribution in [-0.4, -0.2) is 25.8 Å². The molecule has 0 unspecified atom stereocenters. The Morgan fingerprint density at radius 2 is 2.00 bits per heavy atom. The standard InChI is InChI=1S/C14H28N2O/c1-13(2)17-11-6-5-10-16-12-14(3,4)8-7-9-15/h13,16H,5-8,10-12H2,1-4H3. The van der Waals surface area contributed by atoms with E-state index in [1.165, 1.54) is 0 Å². The van der Waals surface area contributed by atoms with Crippen LogP contribution in [0.2, 0.25) is 0 Å². The SMILES string of the molecule is CC(C)OCCCCNCC(C)(C)CCC#N. The van der Waals surface area contributed by atoms with E-state index in [2.05, 4.69) is 39.1 Å². The molecule has 0 aliphatic carbocycles. The summed E-state index contributed by atoms with van der Waals surface area (Å²) in [4.78, 5) is 0. The molecule has 0 aliphatic heterocycles. The summed E-state index contributed by atoms with van der Waals surface area (Å²) in [6, 6.07) is 2.21. The minimum atomic E-state index is 0.226. The minimum absolute atomic E-state index is 0.226. The van der Waals surface area contributed by atoms with Crippen molar-refractivity contribution in [3.63, 3.8) is 0 Å². The van der Waals surface area contributed by atoms with Crippen molar-refractivity contribution >= 4 is 0 Å². The number of ether oxygens (including phenoxy) is 1. The molecule has 0 saturated heterocycles. The number of hydrogen-bond acceptors (Lipinski definition) is 3. The van der Waals surface area contributed by atoms with Crippen molar-refractivity contribution in [1.82, 2.24) is 5.32 Å². The molecule has 0 aromatic rings. The second kappa shape index (κ2) is 9.44. The van der Waals surface area contributed by atoms with Crippen molar-refractivity contribution in [2.45, 2.75) is 59.5 Å². The molecule has 0 saturated carbocycles. The fourth-order valence-corrected chi connectivity index (χ4v) is 1.58. The topological polar surface area (TPSA) is 45.0 Å². The third kappa shape index (κ3) is 11.7. The van der Waals surface area contributed by atoms with Crippen molar-refractivity contribution in [3.05, 3.63) is 0 Å². The van der Waals surface area contributed by atoms with E-state index in [9.17, 15) is 0 Å². The van der Waals surface area contributed by atoms with Crippen molar-refractivity contribution in [2.24, 2.45) is 5.41 Å². The van der Waals surface area contributed by atoms with Crippen LogP contribution in [-0.2, 0) is 4.74 Å². The van der Waals surface area contributed by atoms with Gasteiger partial charge in [0, 0.05) is 19.6 Å². The van der Waals surface area contributed by atoms with Gasteiger partial charge in [-0.3, -0.25) is 0 Å². The van der Waals surface area contributed by atoms with Gasteiger partial charge in [0.05, 0.1) is 12.2 Å². The molecule has 0 aliphatic rings. The zero-order valence-corrected chi connectivity index (χ0v) is 11.9. The highest BCUT2D eigenvalue weighted by Crippen LogP contribution is 2.20. The Morgan fingerprint density at radius 1 is 1.29 bits per heavy atom. The highest BCUT2D eigenvalue weighted by Gasteiger charge is 2.16. The van der Waals surface area contributed by atoms with Gasteiger partial charge in [0.2, 0.25) is 0 Å². The molecule has 3 heteroatoms. The first-order chi connectivity index (χ1) is 7.98. The smallest absolute Gasteiger partial charge is 0.0621 e. The molecule has 0 rings (SSSR count). The van der Waals surface area contributed by atoms with E-state index in [0.717, 1.165) is 39.0 Å². The van der Waals surface area contributed by atoms with Gasteiger partial charge < -0.3 is 10.1 Å². The fourth-order valence-electron chi connectivity index (χ4n) is 1.58. The van der Waals surface area contributed by atoms with Crippen molar-refractivity contribution < 1.29 is 4.74 Å². The first-order valence-corrected chi connectivity index (χ1v) is 6.67. The second-order valence-electron chi connectivity index (χ2n) is 5.63. The van der Waals surface area contributed by atoms with E-state index in [1.54, 1.807) is 0 Å². The summed E-state index contributed by atoms with van der Waals surface area (Å²) < 4.78 is 5.48. The van der Waals surface area contributed by atoms with Gasteiger partial charge in [-0.25, -0.2) is 0 Å². The van der Waals surface area contributed by atoms with E-state index in [1.807, 2.05) is 0 Å². The Hall–Kier alpha value is -0.590. The zero-order chi connectivity index (χ0) is 13.1. The van der Waals surface area contributed by atoms with Gasteiger partial charge in [0.15, 0.2) is 0 Å². The predicted octanol–water partition coefficient (Wildman–Crippen LogP) is 3.11. The lowest BCUT2D eigenvalue weighted by molar-refractivity contribution is 0.0759. The van der Waals surface area contributed by atoms with E-state index >= 15 is 0 Å². The van der Waals surface area contributed by atoms with Crippen LogP contribution in [0.4, 0.5) is 0 Å². The Kier molecular flexibility index (Phi) is 9.11. The number of unbranched alkanes of at least 4 members (excludes halogenated alkanes) is 1. The highest BCUT2D eigenvalue weighted by molar-refractivity contribution is 4.78. The molecule has 0 aromatic heterocycles. The summed E-state index contributed by atoms with van der Waals surface area (Å²) in [5.41, 5.74) is 0.226. The van der Waals surface area contributed by atoms with E-state index in [0.29, 0.717) is 12.5 Å². The third-order valence-electron chi connectivity index (χ3n) is 2.72. The maximum atomic E-state index is 8.56. The number of nitrogens with zero attached hydrogens (tertiary/aromatic N) is 1. The molecule has 0 amide bonds. The van der Waals surface area contributed by atoms with Crippen LogP contribution in [0.1, 0.15) is 53.4 Å². The molecule has 3 nitrogen and oxygen atoms in total. The summed E-state index contributed by atoms with van der Waals surface area (Å²) in [6.45, 7) is 11.4. The quantitative estimate of drug-likeness (QED) is 0.597. The molecule has 0 atom stereocenters. The molecule has 0 fully saturated rings. The molecule has 0 aromatic carbocycles. The third-order valence-corrected chi connectivity index (χ3v) is 2.72. The molecule has 0 radical (unpaired) electrons.